The minimum atomic E-state index is -0.605. The number of aryl methyl sites for hydroxylation is 2. The maximum atomic E-state index is 12.8. The number of hydrogen-bond acceptors (Lipinski definition) is 4. The maximum Gasteiger partial charge on any atom is 0.267 e. The van der Waals surface area contributed by atoms with Gasteiger partial charge in [0.25, 0.3) is 11.5 Å². The third kappa shape index (κ3) is 4.04. The first-order valence-corrected chi connectivity index (χ1v) is 9.17. The maximum absolute atomic E-state index is 12.8. The molecule has 3 rings (SSSR count). The van der Waals surface area contributed by atoms with E-state index in [1.807, 2.05) is 36.4 Å². The lowest BCUT2D eigenvalue weighted by Gasteiger charge is -2.14. The molecule has 142 valence electrons. The number of fused-ring (bicyclic) bond motifs is 1. The Balaban J connectivity index is 1.82. The molecule has 2 aromatic carbocycles. The van der Waals surface area contributed by atoms with Crippen LogP contribution < -0.4 is 10.9 Å². The molecule has 0 unspecified atom stereocenters. The summed E-state index contributed by atoms with van der Waals surface area (Å²) in [4.78, 5) is 25.5. The second-order valence-corrected chi connectivity index (χ2v) is 6.45. The zero-order valence-corrected chi connectivity index (χ0v) is 15.4. The highest BCUT2D eigenvalue weighted by Gasteiger charge is 2.21. The quantitative estimate of drug-likeness (QED) is 0.621. The molecule has 0 bridgehead atoms. The van der Waals surface area contributed by atoms with E-state index in [0.29, 0.717) is 23.9 Å². The summed E-state index contributed by atoms with van der Waals surface area (Å²) in [6, 6.07) is 18.7. The number of pyridine rings is 1. The van der Waals surface area contributed by atoms with Crippen LogP contribution in [0.5, 0.6) is 5.75 Å². The van der Waals surface area contributed by atoms with Gasteiger partial charge in [-0.15, -0.1) is 0 Å². The van der Waals surface area contributed by atoms with Gasteiger partial charge in [-0.25, -0.2) is 0 Å². The predicted octanol–water partition coefficient (Wildman–Crippen LogP) is 2.98. The molecule has 0 aliphatic heterocycles. The predicted molar refractivity (Wildman–Crippen MR) is 107 cm³/mol. The number of rotatable bonds is 7. The van der Waals surface area contributed by atoms with Crippen LogP contribution in [-0.4, -0.2) is 22.1 Å². The van der Waals surface area contributed by atoms with Gasteiger partial charge >= 0.3 is 0 Å². The summed E-state index contributed by atoms with van der Waals surface area (Å²) in [6.45, 7) is 0.544. The average molecular weight is 375 g/mol. The van der Waals surface area contributed by atoms with E-state index in [-0.39, 0.29) is 24.3 Å². The minimum Gasteiger partial charge on any atom is -0.506 e. The fourth-order valence-electron chi connectivity index (χ4n) is 3.21. The summed E-state index contributed by atoms with van der Waals surface area (Å²) in [5, 5.41) is 22.5. The lowest BCUT2D eigenvalue weighted by molar-refractivity contribution is 0.0948. The lowest BCUT2D eigenvalue weighted by Crippen LogP contribution is -2.34. The number of hydrogen-bond donors (Lipinski definition) is 2. The van der Waals surface area contributed by atoms with Crippen LogP contribution in [0.2, 0.25) is 0 Å². The zero-order valence-electron chi connectivity index (χ0n) is 15.4. The number of nitrogens with zero attached hydrogens (tertiary/aromatic N) is 2. The number of aromatic nitrogens is 1. The monoisotopic (exact) mass is 375 g/mol. The van der Waals surface area contributed by atoms with Crippen molar-refractivity contribution in [3.8, 4) is 11.8 Å². The van der Waals surface area contributed by atoms with Crippen LogP contribution in [0, 0.1) is 11.3 Å². The van der Waals surface area contributed by atoms with Gasteiger partial charge < -0.3 is 15.0 Å². The molecule has 6 heteroatoms. The fourth-order valence-corrected chi connectivity index (χ4v) is 3.21. The first-order chi connectivity index (χ1) is 13.6. The van der Waals surface area contributed by atoms with E-state index in [0.717, 1.165) is 6.42 Å². The summed E-state index contributed by atoms with van der Waals surface area (Å²) in [5.41, 5.74) is 0.799. The molecule has 2 N–H and O–H groups in total. The van der Waals surface area contributed by atoms with Gasteiger partial charge in [0, 0.05) is 18.5 Å². The van der Waals surface area contributed by atoms with Crippen LogP contribution in [0.3, 0.4) is 0 Å². The smallest absolute Gasteiger partial charge is 0.267 e. The molecule has 0 aliphatic carbocycles. The molecule has 1 aromatic heterocycles. The third-order valence-corrected chi connectivity index (χ3v) is 4.59. The fraction of sp³-hybridized carbons (Fsp3) is 0.227. The van der Waals surface area contributed by atoms with Crippen molar-refractivity contribution in [2.75, 3.05) is 6.54 Å². The Labute approximate surface area is 162 Å². The molecular formula is C22H21N3O3. The van der Waals surface area contributed by atoms with Gasteiger partial charge in [0.05, 0.1) is 18.0 Å². The average Bonchev–Trinajstić information content (AvgIpc) is 2.72. The van der Waals surface area contributed by atoms with Crippen molar-refractivity contribution in [2.45, 2.75) is 25.8 Å². The molecule has 0 radical (unpaired) electrons. The summed E-state index contributed by atoms with van der Waals surface area (Å²) in [5.74, 6) is -0.929. The van der Waals surface area contributed by atoms with Crippen molar-refractivity contribution in [3.63, 3.8) is 0 Å². The Hall–Kier alpha value is -3.59. The van der Waals surface area contributed by atoms with Crippen LogP contribution in [0.15, 0.2) is 59.4 Å². The molecule has 28 heavy (non-hydrogen) atoms. The molecule has 0 atom stereocenters. The number of para-hydroxylation sites is 1. The van der Waals surface area contributed by atoms with Crippen LogP contribution in [0.4, 0.5) is 0 Å². The van der Waals surface area contributed by atoms with Crippen molar-refractivity contribution in [1.29, 1.82) is 5.26 Å². The molecular weight excluding hydrogens is 354 g/mol. The zero-order chi connectivity index (χ0) is 19.9. The van der Waals surface area contributed by atoms with Gasteiger partial charge in [0.2, 0.25) is 0 Å². The molecule has 6 nitrogen and oxygen atoms in total. The Morgan fingerprint density at radius 3 is 2.57 bits per heavy atom. The molecule has 0 aliphatic rings. The van der Waals surface area contributed by atoms with Gasteiger partial charge in [-0.1, -0.05) is 42.5 Å². The normalized spacial score (nSPS) is 10.5. The highest BCUT2D eigenvalue weighted by molar-refractivity contribution is 6.02. The molecule has 0 saturated carbocycles. The molecule has 3 aromatic rings. The lowest BCUT2D eigenvalue weighted by atomic mass is 10.1. The number of nitriles is 1. The van der Waals surface area contributed by atoms with E-state index < -0.39 is 11.5 Å². The van der Waals surface area contributed by atoms with E-state index in [1.165, 1.54) is 10.1 Å². The van der Waals surface area contributed by atoms with E-state index in [1.54, 1.807) is 24.3 Å². The third-order valence-electron chi connectivity index (χ3n) is 4.59. The van der Waals surface area contributed by atoms with Gasteiger partial charge in [-0.2, -0.15) is 5.26 Å². The number of aromatic hydroxyl groups is 1. The van der Waals surface area contributed by atoms with Gasteiger partial charge in [0.1, 0.15) is 11.3 Å². The Kier molecular flexibility index (Phi) is 6.07. The molecule has 0 fully saturated rings. The van der Waals surface area contributed by atoms with Crippen molar-refractivity contribution in [3.05, 3.63) is 76.1 Å². The van der Waals surface area contributed by atoms with E-state index in [2.05, 4.69) is 5.32 Å². The Bertz CT molecular complexity index is 1080. The number of nitrogens with one attached hydrogen (secondary N) is 1. The van der Waals surface area contributed by atoms with Crippen molar-refractivity contribution < 1.29 is 9.90 Å². The van der Waals surface area contributed by atoms with Gasteiger partial charge in [-0.05, 0) is 30.5 Å². The molecule has 0 saturated heterocycles. The van der Waals surface area contributed by atoms with Gasteiger partial charge in [-0.3, -0.25) is 9.59 Å². The number of benzene rings is 2. The van der Waals surface area contributed by atoms with Crippen LogP contribution >= 0.6 is 0 Å². The minimum absolute atomic E-state index is 0.132. The second-order valence-electron chi connectivity index (χ2n) is 6.45. The summed E-state index contributed by atoms with van der Waals surface area (Å²) < 4.78 is 1.37. The second kappa shape index (κ2) is 8.87. The van der Waals surface area contributed by atoms with Crippen molar-refractivity contribution in [1.82, 2.24) is 9.88 Å². The Morgan fingerprint density at radius 2 is 1.82 bits per heavy atom. The molecule has 1 amide bonds. The summed E-state index contributed by atoms with van der Waals surface area (Å²) in [7, 11) is 0. The highest BCUT2D eigenvalue weighted by atomic mass is 16.3. The molecule has 0 spiro atoms. The van der Waals surface area contributed by atoms with E-state index in [9.17, 15) is 14.7 Å². The van der Waals surface area contributed by atoms with Crippen molar-refractivity contribution in [2.24, 2.45) is 0 Å². The van der Waals surface area contributed by atoms with E-state index >= 15 is 0 Å². The largest absolute Gasteiger partial charge is 0.506 e. The standard InChI is InChI=1S/C22H21N3O3/c23-13-7-15-25-18-12-5-4-11-17(18)20(26)19(22(25)28)21(27)24-14-6-10-16-8-2-1-3-9-16/h1-5,8-9,11-12,26H,6-7,10,14-15H2,(H,24,27). The number of amides is 1. The SMILES string of the molecule is N#CCCn1c(=O)c(C(=O)NCCCc2ccccc2)c(O)c2ccccc21. The summed E-state index contributed by atoms with van der Waals surface area (Å²) in [6.07, 6.45) is 1.65. The number of carbonyl (C=O) groups excluding carboxylic acids is 1. The molecule has 1 heterocycles. The van der Waals surface area contributed by atoms with E-state index in [4.69, 9.17) is 5.26 Å². The van der Waals surface area contributed by atoms with Crippen molar-refractivity contribution >= 4 is 16.8 Å². The number of carbonyl (C=O) groups is 1. The first-order valence-electron chi connectivity index (χ1n) is 9.17. The van der Waals surface area contributed by atoms with Gasteiger partial charge in [0.15, 0.2) is 0 Å². The highest BCUT2D eigenvalue weighted by Crippen LogP contribution is 2.26. The first kappa shape index (κ1) is 19.2. The van der Waals surface area contributed by atoms with Crippen LogP contribution in [0.1, 0.15) is 28.8 Å². The van der Waals surface area contributed by atoms with Crippen LogP contribution in [0.25, 0.3) is 10.9 Å². The topological polar surface area (TPSA) is 95.1 Å². The Morgan fingerprint density at radius 1 is 1.11 bits per heavy atom. The van der Waals surface area contributed by atoms with Crippen LogP contribution in [-0.2, 0) is 13.0 Å². The summed E-state index contributed by atoms with van der Waals surface area (Å²) >= 11 is 0.